The molecule has 0 atom stereocenters. The van der Waals surface area contributed by atoms with Gasteiger partial charge in [0, 0.05) is 12.0 Å². The molecule has 0 bridgehead atoms. The largest absolute Gasteiger partial charge is 0.468 e. The zero-order chi connectivity index (χ0) is 15.0. The van der Waals surface area contributed by atoms with Crippen LogP contribution in [-0.2, 0) is 19.6 Å². The molecule has 0 aromatic heterocycles. The maximum atomic E-state index is 11.9. The monoisotopic (exact) mass is 297 g/mol. The fraction of sp³-hybridized carbons (Fsp3) is 0.308. The third kappa shape index (κ3) is 5.01. The van der Waals surface area contributed by atoms with Gasteiger partial charge in [0.25, 0.3) is 0 Å². The fourth-order valence-electron chi connectivity index (χ4n) is 1.27. The van der Waals surface area contributed by atoms with Crippen molar-refractivity contribution < 1.29 is 23.1 Å². The number of aliphatic hydroxyl groups excluding tert-OH is 1. The van der Waals surface area contributed by atoms with Gasteiger partial charge >= 0.3 is 5.97 Å². The highest BCUT2D eigenvalue weighted by atomic mass is 32.2. The van der Waals surface area contributed by atoms with E-state index in [1.165, 1.54) is 19.2 Å². The minimum absolute atomic E-state index is 0.0113. The van der Waals surface area contributed by atoms with Crippen molar-refractivity contribution in [1.29, 1.82) is 0 Å². The van der Waals surface area contributed by atoms with E-state index in [2.05, 4.69) is 21.3 Å². The molecule has 0 aliphatic carbocycles. The molecule has 0 heterocycles. The van der Waals surface area contributed by atoms with Crippen LogP contribution in [-0.4, -0.2) is 39.8 Å². The molecule has 0 fully saturated rings. The van der Waals surface area contributed by atoms with Crippen LogP contribution in [0.3, 0.4) is 0 Å². The number of sulfonamides is 1. The lowest BCUT2D eigenvalue weighted by atomic mass is 10.2. The molecule has 2 N–H and O–H groups in total. The number of hydrogen-bond acceptors (Lipinski definition) is 5. The standard InChI is InChI=1S/C13H15NO5S/c1-19-13(16)10-14-20(17,18)12-7-4-6-11(9-12)5-2-3-8-15/h4,6-7,9,14-15H,3,8,10H2,1H3. The van der Waals surface area contributed by atoms with Gasteiger partial charge < -0.3 is 9.84 Å². The summed E-state index contributed by atoms with van der Waals surface area (Å²) in [6, 6.07) is 6.00. The van der Waals surface area contributed by atoms with Crippen molar-refractivity contribution in [3.63, 3.8) is 0 Å². The van der Waals surface area contributed by atoms with Crippen molar-refractivity contribution in [2.45, 2.75) is 11.3 Å². The molecule has 0 saturated carbocycles. The summed E-state index contributed by atoms with van der Waals surface area (Å²) in [6.07, 6.45) is 0.317. The molecule has 0 radical (unpaired) electrons. The average molecular weight is 297 g/mol. The highest BCUT2D eigenvalue weighted by molar-refractivity contribution is 7.89. The Bertz CT molecular complexity index is 628. The summed E-state index contributed by atoms with van der Waals surface area (Å²) < 4.78 is 30.3. The predicted molar refractivity (Wildman–Crippen MR) is 72.2 cm³/mol. The molecule has 1 aromatic rings. The molecule has 7 heteroatoms. The van der Waals surface area contributed by atoms with Crippen LogP contribution in [0.15, 0.2) is 29.2 Å². The fourth-order valence-corrected chi connectivity index (χ4v) is 2.29. The van der Waals surface area contributed by atoms with Crippen LogP contribution in [0.1, 0.15) is 12.0 Å². The van der Waals surface area contributed by atoms with Crippen LogP contribution in [0.5, 0.6) is 0 Å². The van der Waals surface area contributed by atoms with Gasteiger partial charge in [-0.3, -0.25) is 4.79 Å². The molecule has 0 aliphatic heterocycles. The molecule has 1 rings (SSSR count). The lowest BCUT2D eigenvalue weighted by Gasteiger charge is -2.05. The van der Waals surface area contributed by atoms with Crippen molar-refractivity contribution in [3.8, 4) is 11.8 Å². The summed E-state index contributed by atoms with van der Waals surface area (Å²) in [5, 5.41) is 8.62. The lowest BCUT2D eigenvalue weighted by molar-refractivity contribution is -0.139. The predicted octanol–water partition coefficient (Wildman–Crippen LogP) is -0.128. The Morgan fingerprint density at radius 1 is 1.45 bits per heavy atom. The van der Waals surface area contributed by atoms with Gasteiger partial charge in [-0.2, -0.15) is 4.72 Å². The van der Waals surface area contributed by atoms with Crippen LogP contribution >= 0.6 is 0 Å². The first-order valence-corrected chi connectivity index (χ1v) is 7.24. The molecule has 0 amide bonds. The third-order valence-corrected chi connectivity index (χ3v) is 3.65. The second-order valence-corrected chi connectivity index (χ2v) is 5.47. The number of ether oxygens (including phenoxy) is 1. The molecule has 6 nitrogen and oxygen atoms in total. The first-order chi connectivity index (χ1) is 9.49. The van der Waals surface area contributed by atoms with E-state index < -0.39 is 22.5 Å². The molecule has 0 saturated heterocycles. The van der Waals surface area contributed by atoms with Crippen molar-refractivity contribution in [2.75, 3.05) is 20.3 Å². The third-order valence-electron chi connectivity index (χ3n) is 2.25. The van der Waals surface area contributed by atoms with E-state index in [9.17, 15) is 13.2 Å². The number of esters is 1. The number of hydrogen-bond donors (Lipinski definition) is 2. The Hall–Kier alpha value is -1.88. The lowest BCUT2D eigenvalue weighted by Crippen LogP contribution is -2.30. The summed E-state index contributed by atoms with van der Waals surface area (Å²) in [7, 11) is -2.61. The Balaban J connectivity index is 2.88. The normalized spacial score (nSPS) is 10.5. The highest BCUT2D eigenvalue weighted by Crippen LogP contribution is 2.10. The Morgan fingerprint density at radius 3 is 2.85 bits per heavy atom. The zero-order valence-electron chi connectivity index (χ0n) is 10.9. The van der Waals surface area contributed by atoms with E-state index in [4.69, 9.17) is 5.11 Å². The Labute approximate surface area is 117 Å². The topological polar surface area (TPSA) is 92.7 Å². The van der Waals surface area contributed by atoms with Crippen LogP contribution < -0.4 is 4.72 Å². The zero-order valence-corrected chi connectivity index (χ0v) is 11.7. The summed E-state index contributed by atoms with van der Waals surface area (Å²) in [4.78, 5) is 10.9. The number of nitrogens with one attached hydrogen (secondary N) is 1. The molecule has 0 aliphatic rings. The minimum Gasteiger partial charge on any atom is -0.468 e. The number of carbonyl (C=O) groups excluding carboxylic acids is 1. The van der Waals surface area contributed by atoms with Gasteiger partial charge in [-0.05, 0) is 18.2 Å². The maximum Gasteiger partial charge on any atom is 0.320 e. The molecule has 1 aromatic carbocycles. The highest BCUT2D eigenvalue weighted by Gasteiger charge is 2.15. The minimum atomic E-state index is -3.79. The molecule has 108 valence electrons. The maximum absolute atomic E-state index is 11.9. The smallest absolute Gasteiger partial charge is 0.320 e. The van der Waals surface area contributed by atoms with Gasteiger partial charge in [0.15, 0.2) is 0 Å². The number of rotatable bonds is 5. The number of benzene rings is 1. The van der Waals surface area contributed by atoms with Crippen molar-refractivity contribution in [3.05, 3.63) is 29.8 Å². The second-order valence-electron chi connectivity index (χ2n) is 3.70. The van der Waals surface area contributed by atoms with E-state index in [0.29, 0.717) is 12.0 Å². The summed E-state index contributed by atoms with van der Waals surface area (Å²) in [5.74, 6) is 4.77. The van der Waals surface area contributed by atoms with Crippen molar-refractivity contribution >= 4 is 16.0 Å². The SMILES string of the molecule is COC(=O)CNS(=O)(=O)c1cccc(C#CCCO)c1. The van der Waals surface area contributed by atoms with E-state index >= 15 is 0 Å². The van der Waals surface area contributed by atoms with Gasteiger partial charge in [0.1, 0.15) is 6.54 Å². The summed E-state index contributed by atoms with van der Waals surface area (Å²) in [5.41, 5.74) is 0.513. The van der Waals surface area contributed by atoms with Crippen LogP contribution in [0.25, 0.3) is 0 Å². The van der Waals surface area contributed by atoms with Crippen molar-refractivity contribution in [1.82, 2.24) is 4.72 Å². The Kier molecular flexibility index (Phi) is 6.18. The first kappa shape index (κ1) is 16.2. The van der Waals surface area contributed by atoms with Gasteiger partial charge in [-0.25, -0.2) is 8.42 Å². The van der Waals surface area contributed by atoms with Gasteiger partial charge in [-0.15, -0.1) is 0 Å². The van der Waals surface area contributed by atoms with Gasteiger partial charge in [0.05, 0.1) is 18.6 Å². The first-order valence-electron chi connectivity index (χ1n) is 5.76. The molecular formula is C13H15NO5S. The van der Waals surface area contributed by atoms with E-state index in [1.807, 2.05) is 0 Å². The van der Waals surface area contributed by atoms with Gasteiger partial charge in [-0.1, -0.05) is 17.9 Å². The number of aliphatic hydroxyl groups is 1. The van der Waals surface area contributed by atoms with Crippen LogP contribution in [0.2, 0.25) is 0 Å². The van der Waals surface area contributed by atoms with E-state index in [1.54, 1.807) is 12.1 Å². The van der Waals surface area contributed by atoms with E-state index in [-0.39, 0.29) is 11.5 Å². The molecule has 0 spiro atoms. The number of methoxy groups -OCH3 is 1. The molecular weight excluding hydrogens is 282 g/mol. The summed E-state index contributed by atoms with van der Waals surface area (Å²) >= 11 is 0. The van der Waals surface area contributed by atoms with Crippen molar-refractivity contribution in [2.24, 2.45) is 0 Å². The van der Waals surface area contributed by atoms with Crippen LogP contribution in [0, 0.1) is 11.8 Å². The van der Waals surface area contributed by atoms with Crippen LogP contribution in [0.4, 0.5) is 0 Å². The summed E-state index contributed by atoms with van der Waals surface area (Å²) in [6.45, 7) is -0.481. The van der Waals surface area contributed by atoms with Gasteiger partial charge in [0.2, 0.25) is 10.0 Å². The molecule has 20 heavy (non-hydrogen) atoms. The quantitative estimate of drug-likeness (QED) is 0.583. The Morgan fingerprint density at radius 2 is 2.20 bits per heavy atom. The average Bonchev–Trinajstić information content (AvgIpc) is 2.45. The number of carbonyl (C=O) groups is 1. The molecule has 0 unspecified atom stereocenters. The van der Waals surface area contributed by atoms with E-state index in [0.717, 1.165) is 0 Å². The second kappa shape index (κ2) is 7.65.